The summed E-state index contributed by atoms with van der Waals surface area (Å²) < 4.78 is 4.74. The van der Waals surface area contributed by atoms with Crippen LogP contribution < -0.4 is 0 Å². The van der Waals surface area contributed by atoms with Gasteiger partial charge in [-0.1, -0.05) is 30.3 Å². The van der Waals surface area contributed by atoms with Gasteiger partial charge in [0.05, 0.1) is 7.11 Å². The van der Waals surface area contributed by atoms with Gasteiger partial charge in [0.15, 0.2) is 0 Å². The number of nitrogens with zero attached hydrogens (tertiary/aromatic N) is 1. The summed E-state index contributed by atoms with van der Waals surface area (Å²) in [6, 6.07) is 9.34. The maximum Gasteiger partial charge on any atom is 0.328 e. The van der Waals surface area contributed by atoms with E-state index in [1.54, 1.807) is 7.05 Å². The summed E-state index contributed by atoms with van der Waals surface area (Å²) in [4.78, 5) is 24.4. The Morgan fingerprint density at radius 2 is 1.89 bits per heavy atom. The van der Waals surface area contributed by atoms with Crippen LogP contribution in [0.1, 0.15) is 18.9 Å². The summed E-state index contributed by atoms with van der Waals surface area (Å²) in [7, 11) is 2.96. The lowest BCUT2D eigenvalue weighted by atomic mass is 10.0. The summed E-state index contributed by atoms with van der Waals surface area (Å²) in [6.07, 6.45) is 1.30. The topological polar surface area (TPSA) is 46.6 Å². The fraction of sp³-hybridized carbons (Fsp3) is 0.429. The van der Waals surface area contributed by atoms with Gasteiger partial charge >= 0.3 is 5.97 Å². The SMILES string of the molecule is COC(=O)C(CCc1ccccc1)N(C)C(C)=O. The van der Waals surface area contributed by atoms with Gasteiger partial charge in [0, 0.05) is 14.0 Å². The van der Waals surface area contributed by atoms with Crippen molar-refractivity contribution in [2.45, 2.75) is 25.8 Å². The smallest absolute Gasteiger partial charge is 0.328 e. The van der Waals surface area contributed by atoms with Crippen molar-refractivity contribution in [3.8, 4) is 0 Å². The number of benzene rings is 1. The molecule has 1 amide bonds. The Hall–Kier alpha value is -1.84. The average molecular weight is 249 g/mol. The van der Waals surface area contributed by atoms with Crippen molar-refractivity contribution in [2.24, 2.45) is 0 Å². The minimum Gasteiger partial charge on any atom is -0.467 e. The van der Waals surface area contributed by atoms with E-state index in [0.29, 0.717) is 6.42 Å². The second kappa shape index (κ2) is 6.79. The first-order chi connectivity index (χ1) is 8.56. The van der Waals surface area contributed by atoms with Gasteiger partial charge in [0.2, 0.25) is 5.91 Å². The van der Waals surface area contributed by atoms with Crippen LogP contribution in [0.25, 0.3) is 0 Å². The van der Waals surface area contributed by atoms with Crippen molar-refractivity contribution < 1.29 is 14.3 Å². The highest BCUT2D eigenvalue weighted by Gasteiger charge is 2.25. The van der Waals surface area contributed by atoms with Crippen LogP contribution in [0.2, 0.25) is 0 Å². The quantitative estimate of drug-likeness (QED) is 0.745. The lowest BCUT2D eigenvalue weighted by molar-refractivity contribution is -0.151. The molecule has 18 heavy (non-hydrogen) atoms. The Bertz CT molecular complexity index is 403. The minimum absolute atomic E-state index is 0.140. The van der Waals surface area contributed by atoms with Gasteiger partial charge in [-0.15, -0.1) is 0 Å². The number of rotatable bonds is 5. The van der Waals surface area contributed by atoms with E-state index in [0.717, 1.165) is 12.0 Å². The molecule has 4 heteroatoms. The number of esters is 1. The van der Waals surface area contributed by atoms with E-state index >= 15 is 0 Å². The van der Waals surface area contributed by atoms with Crippen LogP contribution in [0.15, 0.2) is 30.3 Å². The number of amides is 1. The third-order valence-corrected chi connectivity index (χ3v) is 2.99. The highest BCUT2D eigenvalue weighted by atomic mass is 16.5. The van der Waals surface area contributed by atoms with E-state index in [2.05, 4.69) is 0 Å². The molecule has 0 radical (unpaired) electrons. The highest BCUT2D eigenvalue weighted by Crippen LogP contribution is 2.10. The summed E-state index contributed by atoms with van der Waals surface area (Å²) >= 11 is 0. The molecule has 98 valence electrons. The molecule has 1 atom stereocenters. The van der Waals surface area contributed by atoms with Crippen molar-refractivity contribution in [3.05, 3.63) is 35.9 Å². The third-order valence-electron chi connectivity index (χ3n) is 2.99. The molecule has 4 nitrogen and oxygen atoms in total. The molecule has 0 spiro atoms. The first kappa shape index (κ1) is 14.2. The average Bonchev–Trinajstić information content (AvgIpc) is 2.39. The molecule has 0 saturated carbocycles. The van der Waals surface area contributed by atoms with E-state index in [4.69, 9.17) is 4.74 Å². The zero-order valence-corrected chi connectivity index (χ0v) is 11.1. The summed E-state index contributed by atoms with van der Waals surface area (Å²) in [5.74, 6) is -0.512. The van der Waals surface area contributed by atoms with Crippen molar-refractivity contribution in [1.29, 1.82) is 0 Å². The second-order valence-corrected chi connectivity index (χ2v) is 4.19. The van der Waals surface area contributed by atoms with Gasteiger partial charge in [-0.3, -0.25) is 4.79 Å². The largest absolute Gasteiger partial charge is 0.467 e. The molecular weight excluding hydrogens is 230 g/mol. The molecule has 1 aromatic rings. The number of ether oxygens (including phenoxy) is 1. The Morgan fingerprint density at radius 1 is 1.28 bits per heavy atom. The maximum atomic E-state index is 11.7. The van der Waals surface area contributed by atoms with Gasteiger partial charge in [0.25, 0.3) is 0 Å². The molecule has 0 fully saturated rings. The normalized spacial score (nSPS) is 11.7. The van der Waals surface area contributed by atoms with Crippen LogP contribution in [0, 0.1) is 0 Å². The van der Waals surface area contributed by atoms with Crippen LogP contribution in [0.4, 0.5) is 0 Å². The highest BCUT2D eigenvalue weighted by molar-refractivity contribution is 5.83. The van der Waals surface area contributed by atoms with E-state index in [-0.39, 0.29) is 11.9 Å². The first-order valence-corrected chi connectivity index (χ1v) is 5.91. The lowest BCUT2D eigenvalue weighted by Crippen LogP contribution is -2.42. The van der Waals surface area contributed by atoms with E-state index in [1.807, 2.05) is 30.3 Å². The molecule has 1 aromatic carbocycles. The number of methoxy groups -OCH3 is 1. The van der Waals surface area contributed by atoms with E-state index in [9.17, 15) is 9.59 Å². The standard InChI is InChI=1S/C14H19NO3/c1-11(16)15(2)13(14(17)18-3)10-9-12-7-5-4-6-8-12/h4-8,13H,9-10H2,1-3H3. The van der Waals surface area contributed by atoms with Crippen LogP contribution >= 0.6 is 0 Å². The lowest BCUT2D eigenvalue weighted by Gasteiger charge is -2.24. The molecule has 0 aliphatic carbocycles. The summed E-state index contributed by atoms with van der Waals surface area (Å²) in [6.45, 7) is 1.44. The molecule has 0 N–H and O–H groups in total. The number of likely N-dealkylation sites (N-methyl/N-ethyl adjacent to an activating group) is 1. The van der Waals surface area contributed by atoms with Crippen molar-refractivity contribution >= 4 is 11.9 Å². The minimum atomic E-state index is -0.521. The van der Waals surface area contributed by atoms with Crippen molar-refractivity contribution in [2.75, 3.05) is 14.2 Å². The van der Waals surface area contributed by atoms with Gasteiger partial charge in [-0.25, -0.2) is 4.79 Å². The molecule has 0 saturated heterocycles. The van der Waals surface area contributed by atoms with Crippen LogP contribution in [-0.2, 0) is 20.7 Å². The summed E-state index contributed by atoms with van der Waals surface area (Å²) in [5.41, 5.74) is 1.14. The molecule has 0 aromatic heterocycles. The molecular formula is C14H19NO3. The number of aryl methyl sites for hydroxylation is 1. The van der Waals surface area contributed by atoms with E-state index in [1.165, 1.54) is 18.9 Å². The molecule has 0 aliphatic heterocycles. The summed E-state index contributed by atoms with van der Waals surface area (Å²) in [5, 5.41) is 0. The van der Waals surface area contributed by atoms with Crippen molar-refractivity contribution in [1.82, 2.24) is 4.90 Å². The number of hydrogen-bond donors (Lipinski definition) is 0. The fourth-order valence-corrected chi connectivity index (χ4v) is 1.77. The van der Waals surface area contributed by atoms with Crippen LogP contribution in [-0.4, -0.2) is 37.0 Å². The number of carbonyl (C=O) groups excluding carboxylic acids is 2. The van der Waals surface area contributed by atoms with Crippen molar-refractivity contribution in [3.63, 3.8) is 0 Å². The monoisotopic (exact) mass is 249 g/mol. The predicted molar refractivity (Wildman–Crippen MR) is 69.0 cm³/mol. The molecule has 1 rings (SSSR count). The maximum absolute atomic E-state index is 11.7. The Balaban J connectivity index is 2.68. The molecule has 0 aliphatic rings. The Kier molecular flexibility index (Phi) is 5.36. The molecule has 0 heterocycles. The number of hydrogen-bond acceptors (Lipinski definition) is 3. The van der Waals surface area contributed by atoms with Gasteiger partial charge in [-0.05, 0) is 18.4 Å². The first-order valence-electron chi connectivity index (χ1n) is 5.91. The Labute approximate surface area is 108 Å². The van der Waals surface area contributed by atoms with E-state index < -0.39 is 6.04 Å². The third kappa shape index (κ3) is 3.87. The molecule has 0 bridgehead atoms. The zero-order chi connectivity index (χ0) is 13.5. The Morgan fingerprint density at radius 3 is 2.39 bits per heavy atom. The predicted octanol–water partition coefficient (Wildman–Crippen LogP) is 1.64. The number of carbonyl (C=O) groups is 2. The van der Waals surface area contributed by atoms with Gasteiger partial charge < -0.3 is 9.64 Å². The van der Waals surface area contributed by atoms with Crippen LogP contribution in [0.5, 0.6) is 0 Å². The molecule has 1 unspecified atom stereocenters. The van der Waals surface area contributed by atoms with Gasteiger partial charge in [-0.2, -0.15) is 0 Å². The second-order valence-electron chi connectivity index (χ2n) is 4.19. The van der Waals surface area contributed by atoms with Gasteiger partial charge in [0.1, 0.15) is 6.04 Å². The van der Waals surface area contributed by atoms with Crippen LogP contribution in [0.3, 0.4) is 0 Å². The zero-order valence-electron chi connectivity index (χ0n) is 11.1. The fourth-order valence-electron chi connectivity index (χ4n) is 1.77.